The Morgan fingerprint density at radius 3 is 2.54 bits per heavy atom. The van der Waals surface area contributed by atoms with Crippen molar-refractivity contribution in [3.05, 3.63) is 94.0 Å². The normalized spacial score (nSPS) is 13.9. The van der Waals surface area contributed by atoms with Crippen LogP contribution in [0.15, 0.2) is 65.7 Å². The number of aliphatic imine (C=N–C) groups is 1. The second-order valence-electron chi connectivity index (χ2n) is 9.60. The number of fused-ring (bicyclic) bond motifs is 3. The first-order chi connectivity index (χ1) is 19.7. The van der Waals surface area contributed by atoms with Crippen molar-refractivity contribution in [1.82, 2.24) is 20.1 Å². The number of Topliss-reactive ketones (excluding diaryl/α,β-unsaturated/α-hetero) is 1. The number of halogens is 1. The smallest absolute Gasteiger partial charge is 0.222 e. The van der Waals surface area contributed by atoms with E-state index in [4.69, 9.17) is 21.3 Å². The third-order valence-electron chi connectivity index (χ3n) is 6.61. The summed E-state index contributed by atoms with van der Waals surface area (Å²) in [7, 11) is 0. The summed E-state index contributed by atoms with van der Waals surface area (Å²) in [6.07, 6.45) is 0.114. The van der Waals surface area contributed by atoms with Crippen LogP contribution in [0.5, 0.6) is 17.2 Å². The molecule has 2 heterocycles. The summed E-state index contributed by atoms with van der Waals surface area (Å²) in [5.74, 6) is 0.720. The van der Waals surface area contributed by atoms with Crippen LogP contribution in [0, 0.1) is 6.92 Å². The fourth-order valence-corrected chi connectivity index (χ4v) is 4.83. The van der Waals surface area contributed by atoms with Gasteiger partial charge in [0.1, 0.15) is 24.2 Å². The Bertz CT molecular complexity index is 1650. The van der Waals surface area contributed by atoms with Gasteiger partial charge < -0.3 is 20.3 Å². The van der Waals surface area contributed by atoms with Crippen LogP contribution in [-0.2, 0) is 16.0 Å². The van der Waals surface area contributed by atoms with Gasteiger partial charge in [-0.15, -0.1) is 10.2 Å². The van der Waals surface area contributed by atoms with E-state index in [-0.39, 0.29) is 42.6 Å². The van der Waals surface area contributed by atoms with Crippen LogP contribution in [-0.4, -0.2) is 55.5 Å². The van der Waals surface area contributed by atoms with Crippen molar-refractivity contribution < 1.29 is 24.5 Å². The van der Waals surface area contributed by atoms with Gasteiger partial charge in [-0.3, -0.25) is 19.1 Å². The van der Waals surface area contributed by atoms with Crippen molar-refractivity contribution in [3.63, 3.8) is 0 Å². The highest BCUT2D eigenvalue weighted by Crippen LogP contribution is 2.34. The van der Waals surface area contributed by atoms with E-state index in [2.05, 4.69) is 15.5 Å². The summed E-state index contributed by atoms with van der Waals surface area (Å²) in [6.45, 7) is 3.99. The quantitative estimate of drug-likeness (QED) is 0.254. The van der Waals surface area contributed by atoms with E-state index in [0.717, 1.165) is 11.3 Å². The molecule has 5 rings (SSSR count). The largest absolute Gasteiger partial charge is 0.504 e. The van der Waals surface area contributed by atoms with Crippen LogP contribution in [0.4, 0.5) is 0 Å². The lowest BCUT2D eigenvalue weighted by atomic mass is 10.00. The van der Waals surface area contributed by atoms with Crippen LogP contribution in [0.2, 0.25) is 5.02 Å². The second kappa shape index (κ2) is 11.8. The van der Waals surface area contributed by atoms with E-state index < -0.39 is 6.04 Å². The molecule has 41 heavy (non-hydrogen) atoms. The number of nitrogens with zero attached hydrogens (tertiary/aromatic N) is 4. The summed E-state index contributed by atoms with van der Waals surface area (Å²) in [6, 6.07) is 16.3. The standard InChI is InChI=1S/C30H28ClN5O5/c1-3-32-28(40)15-24-30-35-34-17(2)36(30)25-10-9-22(14-23(25)29(33-24)19-5-7-20(31)8-6-19)41-16-21(37)12-18-4-11-26(38)27(39)13-18/h4-11,13-14,24,38-39H,3,12,15-16H2,1-2H3,(H,32,40)/t24-/m0/s1. The number of hydrogen-bond donors (Lipinski definition) is 3. The molecule has 0 unspecified atom stereocenters. The highest BCUT2D eigenvalue weighted by atomic mass is 35.5. The minimum Gasteiger partial charge on any atom is -0.504 e. The molecule has 3 aromatic carbocycles. The lowest BCUT2D eigenvalue weighted by Crippen LogP contribution is -2.25. The third kappa shape index (κ3) is 6.07. The zero-order chi connectivity index (χ0) is 29.1. The maximum Gasteiger partial charge on any atom is 0.222 e. The number of aromatic hydroxyl groups is 2. The van der Waals surface area contributed by atoms with E-state index in [0.29, 0.717) is 45.8 Å². The fourth-order valence-electron chi connectivity index (χ4n) is 4.71. The van der Waals surface area contributed by atoms with Gasteiger partial charge >= 0.3 is 0 Å². The highest BCUT2D eigenvalue weighted by Gasteiger charge is 2.30. The number of phenols is 2. The van der Waals surface area contributed by atoms with Gasteiger partial charge in [0.05, 0.1) is 17.8 Å². The third-order valence-corrected chi connectivity index (χ3v) is 6.86. The summed E-state index contributed by atoms with van der Waals surface area (Å²) in [5.41, 5.74) is 3.43. The Hall–Kier alpha value is -4.70. The number of aromatic nitrogens is 3. The van der Waals surface area contributed by atoms with Crippen LogP contribution in [0.25, 0.3) is 5.69 Å². The molecule has 3 N–H and O–H groups in total. The molecular formula is C30H28ClN5O5. The van der Waals surface area contributed by atoms with Crippen molar-refractivity contribution in [2.45, 2.75) is 32.7 Å². The predicted molar refractivity (Wildman–Crippen MR) is 153 cm³/mol. The van der Waals surface area contributed by atoms with E-state index in [1.165, 1.54) is 12.1 Å². The Morgan fingerprint density at radius 1 is 1.02 bits per heavy atom. The number of carbonyl (C=O) groups excluding carboxylic acids is 2. The van der Waals surface area contributed by atoms with Crippen LogP contribution in [0.1, 0.15) is 47.7 Å². The summed E-state index contributed by atoms with van der Waals surface area (Å²) < 4.78 is 7.77. The van der Waals surface area contributed by atoms with Crippen LogP contribution >= 0.6 is 11.6 Å². The van der Waals surface area contributed by atoms with E-state index in [1.54, 1.807) is 30.3 Å². The number of phenolic OH excluding ortho intramolecular Hbond substituents is 2. The minimum atomic E-state index is -0.603. The number of carbonyl (C=O) groups is 2. The maximum atomic E-state index is 12.7. The number of aryl methyl sites for hydroxylation is 1. The Balaban J connectivity index is 1.50. The fraction of sp³-hybridized carbons (Fsp3) is 0.233. The molecule has 1 aromatic heterocycles. The van der Waals surface area contributed by atoms with E-state index >= 15 is 0 Å². The molecular weight excluding hydrogens is 546 g/mol. The molecule has 0 saturated heterocycles. The summed E-state index contributed by atoms with van der Waals surface area (Å²) in [5, 5.41) is 31.3. The van der Waals surface area contributed by atoms with Crippen molar-refractivity contribution in [1.29, 1.82) is 0 Å². The molecule has 11 heteroatoms. The first-order valence-corrected chi connectivity index (χ1v) is 13.4. The molecule has 0 saturated carbocycles. The lowest BCUT2D eigenvalue weighted by Gasteiger charge is -2.15. The molecule has 0 spiro atoms. The zero-order valence-electron chi connectivity index (χ0n) is 22.5. The number of nitrogens with one attached hydrogen (secondary N) is 1. The SMILES string of the molecule is CCNC(=O)C[C@@H]1N=C(c2ccc(Cl)cc2)c2cc(OCC(=O)Cc3ccc(O)c(O)c3)ccc2-n2c(C)nnc21. The van der Waals surface area contributed by atoms with Gasteiger partial charge in [-0.1, -0.05) is 29.8 Å². The second-order valence-corrected chi connectivity index (χ2v) is 10.0. The number of ketones is 1. The summed E-state index contributed by atoms with van der Waals surface area (Å²) >= 11 is 6.17. The average molecular weight is 574 g/mol. The molecule has 0 radical (unpaired) electrons. The monoisotopic (exact) mass is 573 g/mol. The first-order valence-electron chi connectivity index (χ1n) is 13.1. The molecule has 1 aliphatic heterocycles. The van der Waals surface area contributed by atoms with Gasteiger partial charge in [0.15, 0.2) is 23.1 Å². The Kier molecular flexibility index (Phi) is 8.02. The van der Waals surface area contributed by atoms with Gasteiger partial charge in [0, 0.05) is 29.1 Å². The summed E-state index contributed by atoms with van der Waals surface area (Å²) in [4.78, 5) is 30.3. The first kappa shape index (κ1) is 27.9. The van der Waals surface area contributed by atoms with Gasteiger partial charge in [-0.2, -0.15) is 0 Å². The molecule has 1 amide bonds. The average Bonchev–Trinajstić information content (AvgIpc) is 3.27. The van der Waals surface area contributed by atoms with E-state index in [9.17, 15) is 19.8 Å². The van der Waals surface area contributed by atoms with Crippen LogP contribution < -0.4 is 10.1 Å². The number of benzene rings is 3. The van der Waals surface area contributed by atoms with Crippen molar-refractivity contribution in [2.24, 2.45) is 4.99 Å². The number of amides is 1. The zero-order valence-corrected chi connectivity index (χ0v) is 23.2. The molecule has 1 aliphatic rings. The molecule has 210 valence electrons. The molecule has 0 bridgehead atoms. The maximum absolute atomic E-state index is 12.7. The Morgan fingerprint density at radius 2 is 1.80 bits per heavy atom. The molecule has 0 aliphatic carbocycles. The van der Waals surface area contributed by atoms with Gasteiger partial charge in [0.25, 0.3) is 0 Å². The van der Waals surface area contributed by atoms with Gasteiger partial charge in [-0.25, -0.2) is 0 Å². The molecule has 10 nitrogen and oxygen atoms in total. The highest BCUT2D eigenvalue weighted by molar-refractivity contribution is 6.30. The number of rotatable bonds is 9. The van der Waals surface area contributed by atoms with E-state index in [1.807, 2.05) is 36.6 Å². The minimum absolute atomic E-state index is 0.0288. The molecule has 4 aromatic rings. The predicted octanol–water partition coefficient (Wildman–Crippen LogP) is 4.25. The van der Waals surface area contributed by atoms with Crippen molar-refractivity contribution >= 4 is 29.0 Å². The lowest BCUT2D eigenvalue weighted by molar-refractivity contribution is -0.121. The topological polar surface area (TPSA) is 139 Å². The Labute approximate surface area is 241 Å². The van der Waals surface area contributed by atoms with Gasteiger partial charge in [-0.05, 0) is 61.9 Å². The molecule has 1 atom stereocenters. The number of ether oxygens (including phenoxy) is 1. The van der Waals surface area contributed by atoms with Crippen LogP contribution in [0.3, 0.4) is 0 Å². The van der Waals surface area contributed by atoms with Crippen molar-refractivity contribution in [3.8, 4) is 22.9 Å². The van der Waals surface area contributed by atoms with Gasteiger partial charge in [0.2, 0.25) is 5.91 Å². The molecule has 0 fully saturated rings. The van der Waals surface area contributed by atoms with Crippen molar-refractivity contribution in [2.75, 3.05) is 13.2 Å². The number of hydrogen-bond acceptors (Lipinski definition) is 8.